The summed E-state index contributed by atoms with van der Waals surface area (Å²) in [7, 11) is 0. The summed E-state index contributed by atoms with van der Waals surface area (Å²) in [6, 6.07) is 0.309. The molecule has 5 heteroatoms. The molecule has 0 aromatic heterocycles. The second kappa shape index (κ2) is 5.11. The van der Waals surface area contributed by atoms with Crippen LogP contribution in [-0.4, -0.2) is 35.4 Å². The highest BCUT2D eigenvalue weighted by atomic mass is 19.3. The number of piperidine rings is 1. The zero-order valence-electron chi connectivity index (χ0n) is 10.9. The highest BCUT2D eigenvalue weighted by molar-refractivity contribution is 5.79. The van der Waals surface area contributed by atoms with Gasteiger partial charge in [0.1, 0.15) is 0 Å². The van der Waals surface area contributed by atoms with Crippen molar-refractivity contribution in [2.45, 2.75) is 63.5 Å². The van der Waals surface area contributed by atoms with Crippen molar-refractivity contribution in [2.75, 3.05) is 6.54 Å². The van der Waals surface area contributed by atoms with Gasteiger partial charge in [-0.3, -0.25) is 4.79 Å². The number of nitrogens with two attached hydrogens (primary N) is 1. The fraction of sp³-hybridized carbons (Fsp3) is 0.923. The molecular formula is C13H22F2N2O. The minimum atomic E-state index is -2.56. The minimum Gasteiger partial charge on any atom is -0.340 e. The SMILES string of the molecule is CC1CC(N)CCN1C(=O)C1CCC(F)(F)CC1. The summed E-state index contributed by atoms with van der Waals surface area (Å²) < 4.78 is 26.1. The monoisotopic (exact) mass is 260 g/mol. The lowest BCUT2D eigenvalue weighted by molar-refractivity contribution is -0.143. The maximum absolute atomic E-state index is 13.1. The molecule has 1 saturated carbocycles. The van der Waals surface area contributed by atoms with E-state index in [-0.39, 0.29) is 36.8 Å². The second-order valence-electron chi connectivity index (χ2n) is 5.80. The molecule has 0 bridgehead atoms. The van der Waals surface area contributed by atoms with Crippen LogP contribution in [0.25, 0.3) is 0 Å². The Morgan fingerprint density at radius 1 is 1.28 bits per heavy atom. The summed E-state index contributed by atoms with van der Waals surface area (Å²) in [6.45, 7) is 2.67. The Kier molecular flexibility index (Phi) is 3.90. The molecule has 0 spiro atoms. The highest BCUT2D eigenvalue weighted by Gasteiger charge is 2.40. The first kappa shape index (κ1) is 13.7. The Labute approximate surface area is 107 Å². The third kappa shape index (κ3) is 2.99. The second-order valence-corrected chi connectivity index (χ2v) is 5.80. The molecule has 2 atom stereocenters. The lowest BCUT2D eigenvalue weighted by atomic mass is 9.85. The van der Waals surface area contributed by atoms with E-state index < -0.39 is 5.92 Å². The third-order valence-electron chi connectivity index (χ3n) is 4.27. The van der Waals surface area contributed by atoms with Gasteiger partial charge in [0.05, 0.1) is 0 Å². The third-order valence-corrected chi connectivity index (χ3v) is 4.27. The van der Waals surface area contributed by atoms with Crippen molar-refractivity contribution in [3.63, 3.8) is 0 Å². The predicted molar refractivity (Wildman–Crippen MR) is 65.3 cm³/mol. The van der Waals surface area contributed by atoms with Gasteiger partial charge in [0.25, 0.3) is 0 Å². The van der Waals surface area contributed by atoms with Crippen molar-refractivity contribution in [1.82, 2.24) is 4.90 Å². The molecule has 2 N–H and O–H groups in total. The standard InChI is InChI=1S/C13H22F2N2O/c1-9-8-11(16)4-7-17(9)12(18)10-2-5-13(14,15)6-3-10/h9-11H,2-8,16H2,1H3. The molecule has 104 valence electrons. The van der Waals surface area contributed by atoms with E-state index in [1.54, 1.807) is 0 Å². The fourth-order valence-corrected chi connectivity index (χ4v) is 3.06. The van der Waals surface area contributed by atoms with Crippen molar-refractivity contribution >= 4 is 5.91 Å². The first-order valence-corrected chi connectivity index (χ1v) is 6.83. The summed E-state index contributed by atoms with van der Waals surface area (Å²) in [5, 5.41) is 0. The van der Waals surface area contributed by atoms with E-state index in [0.717, 1.165) is 12.8 Å². The minimum absolute atomic E-state index is 0.0601. The number of alkyl halides is 2. The number of carbonyl (C=O) groups is 1. The molecule has 0 aromatic rings. The molecule has 18 heavy (non-hydrogen) atoms. The number of carbonyl (C=O) groups excluding carboxylic acids is 1. The quantitative estimate of drug-likeness (QED) is 0.785. The van der Waals surface area contributed by atoms with E-state index in [9.17, 15) is 13.6 Å². The Balaban J connectivity index is 1.92. The van der Waals surface area contributed by atoms with Crippen LogP contribution in [0.3, 0.4) is 0 Å². The zero-order valence-corrected chi connectivity index (χ0v) is 10.9. The average Bonchev–Trinajstić information content (AvgIpc) is 2.28. The van der Waals surface area contributed by atoms with Crippen LogP contribution < -0.4 is 5.73 Å². The number of halogens is 2. The van der Waals surface area contributed by atoms with E-state index >= 15 is 0 Å². The van der Waals surface area contributed by atoms with Gasteiger partial charge < -0.3 is 10.6 Å². The largest absolute Gasteiger partial charge is 0.340 e. The molecule has 1 saturated heterocycles. The average molecular weight is 260 g/mol. The maximum Gasteiger partial charge on any atom is 0.248 e. The fourth-order valence-electron chi connectivity index (χ4n) is 3.06. The first-order chi connectivity index (χ1) is 8.39. The van der Waals surface area contributed by atoms with Crippen molar-refractivity contribution < 1.29 is 13.6 Å². The Bertz CT molecular complexity index is 312. The highest BCUT2D eigenvalue weighted by Crippen LogP contribution is 2.37. The van der Waals surface area contributed by atoms with Crippen LogP contribution in [0.15, 0.2) is 0 Å². The van der Waals surface area contributed by atoms with Gasteiger partial charge in [-0.25, -0.2) is 8.78 Å². The maximum atomic E-state index is 13.1. The van der Waals surface area contributed by atoms with Gasteiger partial charge in [-0.05, 0) is 32.6 Å². The molecule has 0 aromatic carbocycles. The molecule has 1 aliphatic carbocycles. The number of hydrogen-bond acceptors (Lipinski definition) is 2. The van der Waals surface area contributed by atoms with Gasteiger partial charge in [-0.2, -0.15) is 0 Å². The zero-order chi connectivity index (χ0) is 13.3. The van der Waals surface area contributed by atoms with E-state index in [1.807, 2.05) is 11.8 Å². The van der Waals surface area contributed by atoms with Crippen LogP contribution in [0.1, 0.15) is 45.4 Å². The molecule has 1 heterocycles. The first-order valence-electron chi connectivity index (χ1n) is 6.83. The molecule has 2 fully saturated rings. The van der Waals surface area contributed by atoms with E-state index in [1.165, 1.54) is 0 Å². The van der Waals surface area contributed by atoms with Gasteiger partial charge in [0.2, 0.25) is 11.8 Å². The molecule has 2 rings (SSSR count). The number of rotatable bonds is 1. The summed E-state index contributed by atoms with van der Waals surface area (Å²) in [4.78, 5) is 14.2. The predicted octanol–water partition coefficient (Wildman–Crippen LogP) is 2.15. The van der Waals surface area contributed by atoms with E-state index in [0.29, 0.717) is 19.4 Å². The lowest BCUT2D eigenvalue weighted by Gasteiger charge is -2.39. The van der Waals surface area contributed by atoms with Gasteiger partial charge >= 0.3 is 0 Å². The van der Waals surface area contributed by atoms with Crippen LogP contribution in [0.2, 0.25) is 0 Å². The van der Waals surface area contributed by atoms with Crippen LogP contribution in [-0.2, 0) is 4.79 Å². The Morgan fingerprint density at radius 2 is 1.89 bits per heavy atom. The molecule has 2 unspecified atom stereocenters. The number of amides is 1. The summed E-state index contributed by atoms with van der Waals surface area (Å²) in [6.07, 6.45) is 1.98. The Hall–Kier alpha value is -0.710. The summed E-state index contributed by atoms with van der Waals surface area (Å²) in [5.41, 5.74) is 5.86. The lowest BCUT2D eigenvalue weighted by Crippen LogP contribution is -2.50. The van der Waals surface area contributed by atoms with Crippen LogP contribution in [0.5, 0.6) is 0 Å². The van der Waals surface area contributed by atoms with Crippen LogP contribution in [0.4, 0.5) is 8.78 Å². The van der Waals surface area contributed by atoms with Gasteiger partial charge in [-0.1, -0.05) is 0 Å². The molecule has 0 radical (unpaired) electrons. The number of hydrogen-bond donors (Lipinski definition) is 1. The van der Waals surface area contributed by atoms with Crippen molar-refractivity contribution in [3.05, 3.63) is 0 Å². The topological polar surface area (TPSA) is 46.3 Å². The van der Waals surface area contributed by atoms with Gasteiger partial charge in [0, 0.05) is 37.4 Å². The Morgan fingerprint density at radius 3 is 2.44 bits per heavy atom. The summed E-state index contributed by atoms with van der Waals surface area (Å²) >= 11 is 0. The van der Waals surface area contributed by atoms with Crippen LogP contribution >= 0.6 is 0 Å². The summed E-state index contributed by atoms with van der Waals surface area (Å²) in [5.74, 6) is -2.71. The molecule has 2 aliphatic rings. The van der Waals surface area contributed by atoms with Gasteiger partial charge in [0.15, 0.2) is 0 Å². The van der Waals surface area contributed by atoms with Gasteiger partial charge in [-0.15, -0.1) is 0 Å². The van der Waals surface area contributed by atoms with E-state index in [2.05, 4.69) is 0 Å². The number of nitrogens with zero attached hydrogens (tertiary/aromatic N) is 1. The molecule has 1 aliphatic heterocycles. The molecular weight excluding hydrogens is 238 g/mol. The van der Waals surface area contributed by atoms with Crippen molar-refractivity contribution in [3.8, 4) is 0 Å². The van der Waals surface area contributed by atoms with E-state index in [4.69, 9.17) is 5.73 Å². The normalized spacial score (nSPS) is 33.4. The number of likely N-dealkylation sites (tertiary alicyclic amines) is 1. The molecule has 1 amide bonds. The van der Waals surface area contributed by atoms with Crippen molar-refractivity contribution in [2.24, 2.45) is 11.7 Å². The van der Waals surface area contributed by atoms with Crippen molar-refractivity contribution in [1.29, 1.82) is 0 Å². The molecule has 3 nitrogen and oxygen atoms in total. The van der Waals surface area contributed by atoms with Crippen LogP contribution in [0, 0.1) is 5.92 Å². The smallest absolute Gasteiger partial charge is 0.248 e.